The predicted molar refractivity (Wildman–Crippen MR) is 93.1 cm³/mol. The molecular weight excluding hydrogens is 318 g/mol. The van der Waals surface area contributed by atoms with Crippen LogP contribution in [-0.2, 0) is 9.53 Å². The summed E-state index contributed by atoms with van der Waals surface area (Å²) in [5.41, 5.74) is 1.96. The summed E-state index contributed by atoms with van der Waals surface area (Å²) in [6.07, 6.45) is 0.962. The van der Waals surface area contributed by atoms with Crippen LogP contribution in [-0.4, -0.2) is 19.2 Å². The molecular formula is C19H19N3O3. The molecule has 0 heterocycles. The van der Waals surface area contributed by atoms with Gasteiger partial charge in [0.2, 0.25) is 0 Å². The van der Waals surface area contributed by atoms with Crippen molar-refractivity contribution < 1.29 is 14.3 Å². The van der Waals surface area contributed by atoms with Crippen molar-refractivity contribution in [1.29, 1.82) is 5.26 Å². The zero-order valence-electron chi connectivity index (χ0n) is 14.0. The first-order valence-corrected chi connectivity index (χ1v) is 8.01. The highest BCUT2D eigenvalue weighted by Crippen LogP contribution is 2.21. The number of rotatable bonds is 8. The molecule has 0 atom stereocenters. The Hall–Kier alpha value is -3.20. The van der Waals surface area contributed by atoms with Gasteiger partial charge in [0.05, 0.1) is 36.2 Å². The molecule has 0 aromatic heterocycles. The fraction of sp³-hybridized carbons (Fsp3) is 0.263. The quantitative estimate of drug-likeness (QED) is 0.397. The molecule has 2 aromatic carbocycles. The fourth-order valence-electron chi connectivity index (χ4n) is 1.97. The minimum absolute atomic E-state index is 0.204. The van der Waals surface area contributed by atoms with Gasteiger partial charge in [-0.25, -0.2) is 0 Å². The maximum atomic E-state index is 11.2. The predicted octanol–water partition coefficient (Wildman–Crippen LogP) is 4.70. The van der Waals surface area contributed by atoms with E-state index in [1.165, 1.54) is 0 Å². The van der Waals surface area contributed by atoms with Gasteiger partial charge in [-0.2, -0.15) is 15.5 Å². The van der Waals surface area contributed by atoms with Gasteiger partial charge in [-0.3, -0.25) is 4.79 Å². The van der Waals surface area contributed by atoms with E-state index in [4.69, 9.17) is 14.7 Å². The molecule has 0 saturated heterocycles. The molecule has 0 amide bonds. The van der Waals surface area contributed by atoms with E-state index in [1.807, 2.05) is 0 Å². The average Bonchev–Trinajstić information content (AvgIpc) is 2.65. The first kappa shape index (κ1) is 18.1. The first-order chi connectivity index (χ1) is 12.2. The van der Waals surface area contributed by atoms with Crippen LogP contribution in [0, 0.1) is 11.3 Å². The van der Waals surface area contributed by atoms with E-state index in [2.05, 4.69) is 16.3 Å². The van der Waals surface area contributed by atoms with Crippen LogP contribution in [0.25, 0.3) is 0 Å². The van der Waals surface area contributed by atoms with Crippen LogP contribution in [0.4, 0.5) is 11.4 Å². The summed E-state index contributed by atoms with van der Waals surface area (Å²) in [5.74, 6) is 0.505. The third-order valence-electron chi connectivity index (χ3n) is 3.21. The normalized spacial score (nSPS) is 10.4. The second-order valence-electron chi connectivity index (χ2n) is 5.11. The molecule has 6 heteroatoms. The number of azo groups is 1. The van der Waals surface area contributed by atoms with Crippen LogP contribution in [0.1, 0.15) is 25.3 Å². The summed E-state index contributed by atoms with van der Waals surface area (Å²) in [4.78, 5) is 11.2. The smallest absolute Gasteiger partial charge is 0.305 e. The molecule has 0 aliphatic heterocycles. The van der Waals surface area contributed by atoms with Gasteiger partial charge in [0.1, 0.15) is 5.75 Å². The van der Waals surface area contributed by atoms with Crippen molar-refractivity contribution in [2.75, 3.05) is 13.2 Å². The zero-order valence-corrected chi connectivity index (χ0v) is 14.0. The van der Waals surface area contributed by atoms with Gasteiger partial charge in [0.15, 0.2) is 0 Å². The highest BCUT2D eigenvalue weighted by Gasteiger charge is 2.01. The molecule has 0 radical (unpaired) electrons. The second-order valence-corrected chi connectivity index (χ2v) is 5.11. The van der Waals surface area contributed by atoms with Crippen molar-refractivity contribution in [2.45, 2.75) is 19.8 Å². The number of carbonyl (C=O) groups is 1. The van der Waals surface area contributed by atoms with Crippen LogP contribution in [0.15, 0.2) is 58.8 Å². The van der Waals surface area contributed by atoms with E-state index in [9.17, 15) is 4.79 Å². The van der Waals surface area contributed by atoms with E-state index in [0.29, 0.717) is 48.7 Å². The Morgan fingerprint density at radius 3 is 2.20 bits per heavy atom. The van der Waals surface area contributed by atoms with Gasteiger partial charge in [0, 0.05) is 6.42 Å². The summed E-state index contributed by atoms with van der Waals surface area (Å²) >= 11 is 0. The number of hydrogen-bond donors (Lipinski definition) is 0. The summed E-state index contributed by atoms with van der Waals surface area (Å²) in [6, 6.07) is 16.1. The topological polar surface area (TPSA) is 84.0 Å². The minimum atomic E-state index is -0.204. The maximum absolute atomic E-state index is 11.2. The molecule has 0 unspecified atom stereocenters. The molecule has 0 bridgehead atoms. The van der Waals surface area contributed by atoms with E-state index < -0.39 is 0 Å². The molecule has 0 aliphatic rings. The van der Waals surface area contributed by atoms with E-state index in [0.717, 1.165) is 0 Å². The molecule has 25 heavy (non-hydrogen) atoms. The highest BCUT2D eigenvalue weighted by molar-refractivity contribution is 5.69. The SMILES string of the molecule is CCOC(=O)CCCOc1ccc(/N=N/c2ccc(C#N)cc2)cc1. The molecule has 2 rings (SSSR count). The Kier molecular flexibility index (Phi) is 7.13. The van der Waals surface area contributed by atoms with Crippen molar-refractivity contribution in [3.8, 4) is 11.8 Å². The van der Waals surface area contributed by atoms with Crippen LogP contribution in [0.3, 0.4) is 0 Å². The third-order valence-corrected chi connectivity index (χ3v) is 3.21. The Bertz CT molecular complexity index is 747. The van der Waals surface area contributed by atoms with Crippen molar-refractivity contribution in [1.82, 2.24) is 0 Å². The number of nitrogens with zero attached hydrogens (tertiary/aromatic N) is 3. The molecule has 0 N–H and O–H groups in total. The summed E-state index contributed by atoms with van der Waals surface area (Å²) in [7, 11) is 0. The number of benzene rings is 2. The number of carbonyl (C=O) groups excluding carboxylic acids is 1. The van der Waals surface area contributed by atoms with Crippen molar-refractivity contribution >= 4 is 17.3 Å². The van der Waals surface area contributed by atoms with Crippen LogP contribution in [0.5, 0.6) is 5.75 Å². The molecule has 0 saturated carbocycles. The lowest BCUT2D eigenvalue weighted by atomic mass is 10.2. The van der Waals surface area contributed by atoms with Gasteiger partial charge >= 0.3 is 5.97 Å². The molecule has 0 aliphatic carbocycles. The van der Waals surface area contributed by atoms with Gasteiger partial charge in [-0.05, 0) is 61.9 Å². The van der Waals surface area contributed by atoms with Crippen LogP contribution in [0.2, 0.25) is 0 Å². The molecule has 0 spiro atoms. The maximum Gasteiger partial charge on any atom is 0.305 e. The Morgan fingerprint density at radius 2 is 1.64 bits per heavy atom. The van der Waals surface area contributed by atoms with Gasteiger partial charge in [0.25, 0.3) is 0 Å². The Balaban J connectivity index is 1.80. The first-order valence-electron chi connectivity index (χ1n) is 8.01. The minimum Gasteiger partial charge on any atom is -0.494 e. The number of esters is 1. The fourth-order valence-corrected chi connectivity index (χ4v) is 1.97. The third kappa shape index (κ3) is 6.43. The summed E-state index contributed by atoms with van der Waals surface area (Å²) < 4.78 is 10.4. The van der Waals surface area contributed by atoms with E-state index in [1.54, 1.807) is 55.5 Å². The van der Waals surface area contributed by atoms with Gasteiger partial charge in [-0.15, -0.1) is 0 Å². The zero-order chi connectivity index (χ0) is 17.9. The standard InChI is InChI=1S/C19H19N3O3/c1-2-24-19(23)4-3-13-25-18-11-9-17(10-12-18)22-21-16-7-5-15(14-20)6-8-16/h5-12H,2-4,13H2,1H3/b22-21+. The Labute approximate surface area is 146 Å². The van der Waals surface area contributed by atoms with Gasteiger partial charge in [-0.1, -0.05) is 0 Å². The van der Waals surface area contributed by atoms with E-state index >= 15 is 0 Å². The van der Waals surface area contributed by atoms with Crippen molar-refractivity contribution in [3.63, 3.8) is 0 Å². The summed E-state index contributed by atoms with van der Waals surface area (Å²) in [6.45, 7) is 2.64. The highest BCUT2D eigenvalue weighted by atomic mass is 16.5. The lowest BCUT2D eigenvalue weighted by Crippen LogP contribution is -2.06. The Morgan fingerprint density at radius 1 is 1.04 bits per heavy atom. The molecule has 6 nitrogen and oxygen atoms in total. The van der Waals surface area contributed by atoms with Gasteiger partial charge < -0.3 is 9.47 Å². The molecule has 0 fully saturated rings. The van der Waals surface area contributed by atoms with E-state index in [-0.39, 0.29) is 5.97 Å². The number of ether oxygens (including phenoxy) is 2. The second kappa shape index (κ2) is 9.83. The van der Waals surface area contributed by atoms with Crippen LogP contribution < -0.4 is 4.74 Å². The average molecular weight is 337 g/mol. The van der Waals surface area contributed by atoms with Crippen LogP contribution >= 0.6 is 0 Å². The molecule has 2 aromatic rings. The summed E-state index contributed by atoms with van der Waals surface area (Å²) in [5, 5.41) is 17.0. The lowest BCUT2D eigenvalue weighted by molar-refractivity contribution is -0.143. The molecule has 128 valence electrons. The monoisotopic (exact) mass is 337 g/mol. The lowest BCUT2D eigenvalue weighted by Gasteiger charge is -2.06. The van der Waals surface area contributed by atoms with Crippen molar-refractivity contribution in [3.05, 3.63) is 54.1 Å². The number of nitriles is 1. The number of hydrogen-bond acceptors (Lipinski definition) is 6. The van der Waals surface area contributed by atoms with Crippen molar-refractivity contribution in [2.24, 2.45) is 10.2 Å². The largest absolute Gasteiger partial charge is 0.494 e.